The Balaban J connectivity index is 2.57. The van der Waals surface area contributed by atoms with E-state index in [0.29, 0.717) is 13.0 Å². The average Bonchev–Trinajstić information content (AvgIpc) is 2.39. The molecule has 110 valence electrons. The van der Waals surface area contributed by atoms with Gasteiger partial charge in [0, 0.05) is 19.0 Å². The number of likely N-dealkylation sites (tertiary alicyclic amines) is 1. The van der Waals surface area contributed by atoms with Crippen molar-refractivity contribution in [2.75, 3.05) is 13.1 Å². The normalized spacial score (nSPS) is 24.7. The Morgan fingerprint density at radius 2 is 1.89 bits per heavy atom. The molecule has 1 amide bonds. The molecule has 0 aromatic rings. The largest absolute Gasteiger partial charge is 0.481 e. The first kappa shape index (κ1) is 15.7. The molecule has 2 unspecified atom stereocenters. The first-order valence-corrected chi connectivity index (χ1v) is 6.53. The van der Waals surface area contributed by atoms with Crippen molar-refractivity contribution >= 4 is 12.1 Å². The molecule has 0 saturated carbocycles. The van der Waals surface area contributed by atoms with Gasteiger partial charge in [-0.15, -0.1) is 0 Å². The quantitative estimate of drug-likeness (QED) is 0.840. The minimum Gasteiger partial charge on any atom is -0.481 e. The summed E-state index contributed by atoms with van der Waals surface area (Å²) in [6.45, 7) is 5.93. The second-order valence-corrected chi connectivity index (χ2v) is 5.92. The van der Waals surface area contributed by atoms with Crippen LogP contribution in [-0.4, -0.2) is 46.9 Å². The Bertz CT molecular complexity index is 340. The van der Waals surface area contributed by atoms with Crippen molar-refractivity contribution in [3.8, 4) is 0 Å². The van der Waals surface area contributed by atoms with E-state index in [4.69, 9.17) is 9.84 Å². The third kappa shape index (κ3) is 5.44. The van der Waals surface area contributed by atoms with Crippen molar-refractivity contribution in [2.45, 2.75) is 51.8 Å². The predicted molar refractivity (Wildman–Crippen MR) is 67.7 cm³/mol. The van der Waals surface area contributed by atoms with Gasteiger partial charge in [0.1, 0.15) is 11.8 Å². The first-order valence-electron chi connectivity index (χ1n) is 6.53. The van der Waals surface area contributed by atoms with E-state index in [-0.39, 0.29) is 19.4 Å². The Morgan fingerprint density at radius 1 is 1.32 bits per heavy atom. The number of alkyl halides is 1. The zero-order chi connectivity index (χ0) is 14.6. The lowest BCUT2D eigenvalue weighted by molar-refractivity contribution is -0.138. The number of aliphatic carboxylic acids is 1. The van der Waals surface area contributed by atoms with E-state index in [9.17, 15) is 14.0 Å². The lowest BCUT2D eigenvalue weighted by Crippen LogP contribution is -2.37. The van der Waals surface area contributed by atoms with Gasteiger partial charge in [0.2, 0.25) is 0 Å². The van der Waals surface area contributed by atoms with E-state index in [1.807, 2.05) is 0 Å². The smallest absolute Gasteiger partial charge is 0.410 e. The molecule has 1 rings (SSSR count). The number of carbonyl (C=O) groups excluding carboxylic acids is 1. The Labute approximate surface area is 112 Å². The Kier molecular flexibility index (Phi) is 5.14. The van der Waals surface area contributed by atoms with Gasteiger partial charge < -0.3 is 14.7 Å². The summed E-state index contributed by atoms with van der Waals surface area (Å²) < 4.78 is 19.0. The number of nitrogens with zero attached hydrogens (tertiary/aromatic N) is 1. The van der Waals surface area contributed by atoms with Crippen LogP contribution in [0.15, 0.2) is 0 Å². The summed E-state index contributed by atoms with van der Waals surface area (Å²) in [5.41, 5.74) is -0.584. The monoisotopic (exact) mass is 275 g/mol. The fourth-order valence-electron chi connectivity index (χ4n) is 2.09. The summed E-state index contributed by atoms with van der Waals surface area (Å²) in [6.07, 6.45) is -1.31. The fourth-order valence-corrected chi connectivity index (χ4v) is 2.09. The van der Waals surface area contributed by atoms with Crippen LogP contribution >= 0.6 is 0 Å². The molecule has 5 nitrogen and oxygen atoms in total. The van der Waals surface area contributed by atoms with Crippen LogP contribution in [0.4, 0.5) is 9.18 Å². The number of carbonyl (C=O) groups is 2. The van der Waals surface area contributed by atoms with E-state index in [0.717, 1.165) is 0 Å². The van der Waals surface area contributed by atoms with Crippen molar-refractivity contribution in [1.82, 2.24) is 4.90 Å². The van der Waals surface area contributed by atoms with Crippen LogP contribution < -0.4 is 0 Å². The van der Waals surface area contributed by atoms with Gasteiger partial charge in [-0.1, -0.05) is 0 Å². The number of halogens is 1. The van der Waals surface area contributed by atoms with Crippen molar-refractivity contribution < 1.29 is 23.8 Å². The minimum absolute atomic E-state index is 0.164. The average molecular weight is 275 g/mol. The van der Waals surface area contributed by atoms with Gasteiger partial charge in [-0.25, -0.2) is 9.18 Å². The first-order chi connectivity index (χ1) is 8.69. The number of hydrogen-bond acceptors (Lipinski definition) is 3. The third-order valence-corrected chi connectivity index (χ3v) is 3.04. The summed E-state index contributed by atoms with van der Waals surface area (Å²) in [6, 6.07) is 0. The summed E-state index contributed by atoms with van der Waals surface area (Å²) in [7, 11) is 0. The van der Waals surface area contributed by atoms with E-state index in [1.165, 1.54) is 4.90 Å². The lowest BCUT2D eigenvalue weighted by Gasteiger charge is -2.26. The highest BCUT2D eigenvalue weighted by Crippen LogP contribution is 2.25. The van der Waals surface area contributed by atoms with Gasteiger partial charge >= 0.3 is 12.1 Å². The van der Waals surface area contributed by atoms with Crippen molar-refractivity contribution in [3.05, 3.63) is 0 Å². The second-order valence-electron chi connectivity index (χ2n) is 5.92. The maximum Gasteiger partial charge on any atom is 0.410 e. The minimum atomic E-state index is -1.18. The van der Waals surface area contributed by atoms with E-state index in [1.54, 1.807) is 20.8 Å². The Morgan fingerprint density at radius 3 is 2.42 bits per heavy atom. The number of hydrogen-bond donors (Lipinski definition) is 1. The fraction of sp³-hybridized carbons (Fsp3) is 0.846. The van der Waals surface area contributed by atoms with Gasteiger partial charge in [-0.2, -0.15) is 0 Å². The maximum atomic E-state index is 13.8. The van der Waals surface area contributed by atoms with Crippen LogP contribution in [0.3, 0.4) is 0 Å². The molecule has 0 radical (unpaired) electrons. The topological polar surface area (TPSA) is 66.8 Å². The summed E-state index contributed by atoms with van der Waals surface area (Å²) >= 11 is 0. The molecule has 0 spiro atoms. The molecule has 6 heteroatoms. The molecule has 0 aromatic heterocycles. The highest BCUT2D eigenvalue weighted by atomic mass is 19.1. The number of amides is 1. The molecule has 1 aliphatic heterocycles. The summed E-state index contributed by atoms with van der Waals surface area (Å²) in [5.74, 6) is -1.52. The van der Waals surface area contributed by atoms with E-state index >= 15 is 0 Å². The van der Waals surface area contributed by atoms with Crippen molar-refractivity contribution in [2.24, 2.45) is 5.92 Å². The highest BCUT2D eigenvalue weighted by Gasteiger charge is 2.31. The molecule has 0 bridgehead atoms. The van der Waals surface area contributed by atoms with Gasteiger partial charge in [-0.3, -0.25) is 4.79 Å². The molecular formula is C13H22FNO4. The van der Waals surface area contributed by atoms with Crippen LogP contribution in [0.25, 0.3) is 0 Å². The standard InChI is InChI=1S/C13H22FNO4/c1-13(2,3)19-12(18)15-6-4-9(8-11(16)17)10(14)5-7-15/h9-10H,4-8H2,1-3H3,(H,16,17). The third-order valence-electron chi connectivity index (χ3n) is 3.04. The summed E-state index contributed by atoms with van der Waals surface area (Å²) in [5, 5.41) is 8.73. The molecule has 1 heterocycles. The molecule has 1 N–H and O–H groups in total. The number of carboxylic acids is 1. The molecule has 1 aliphatic rings. The van der Waals surface area contributed by atoms with Crippen molar-refractivity contribution in [3.63, 3.8) is 0 Å². The van der Waals surface area contributed by atoms with Crippen LogP contribution in [0, 0.1) is 5.92 Å². The van der Waals surface area contributed by atoms with Crippen LogP contribution in [0.1, 0.15) is 40.0 Å². The Hall–Kier alpha value is -1.33. The molecule has 1 saturated heterocycles. The van der Waals surface area contributed by atoms with E-state index < -0.39 is 29.8 Å². The van der Waals surface area contributed by atoms with Crippen LogP contribution in [0.5, 0.6) is 0 Å². The van der Waals surface area contributed by atoms with E-state index in [2.05, 4.69) is 0 Å². The maximum absolute atomic E-state index is 13.8. The number of carboxylic acid groups (broad SMARTS) is 1. The number of ether oxygens (including phenoxy) is 1. The van der Waals surface area contributed by atoms with Crippen molar-refractivity contribution in [1.29, 1.82) is 0 Å². The molecular weight excluding hydrogens is 253 g/mol. The molecule has 0 aromatic carbocycles. The lowest BCUT2D eigenvalue weighted by atomic mass is 9.95. The molecule has 2 atom stereocenters. The predicted octanol–water partition coefficient (Wildman–Crippen LogP) is 2.45. The van der Waals surface area contributed by atoms with Crippen LogP contribution in [0.2, 0.25) is 0 Å². The SMILES string of the molecule is CC(C)(C)OC(=O)N1CCC(F)C(CC(=O)O)CC1. The molecule has 19 heavy (non-hydrogen) atoms. The zero-order valence-electron chi connectivity index (χ0n) is 11.7. The molecule has 1 fully saturated rings. The van der Waals surface area contributed by atoms with Gasteiger partial charge in [-0.05, 0) is 33.6 Å². The summed E-state index contributed by atoms with van der Waals surface area (Å²) in [4.78, 5) is 24.0. The number of rotatable bonds is 2. The second kappa shape index (κ2) is 6.21. The van der Waals surface area contributed by atoms with Gasteiger partial charge in [0.15, 0.2) is 0 Å². The van der Waals surface area contributed by atoms with Gasteiger partial charge in [0.05, 0.1) is 6.42 Å². The van der Waals surface area contributed by atoms with Gasteiger partial charge in [0.25, 0.3) is 0 Å². The molecule has 0 aliphatic carbocycles. The van der Waals surface area contributed by atoms with Crippen LogP contribution in [-0.2, 0) is 9.53 Å². The highest BCUT2D eigenvalue weighted by molar-refractivity contribution is 5.68. The zero-order valence-corrected chi connectivity index (χ0v) is 11.7.